The van der Waals surface area contributed by atoms with Crippen molar-refractivity contribution in [1.29, 1.82) is 0 Å². The van der Waals surface area contributed by atoms with Crippen molar-refractivity contribution in [3.8, 4) is 11.3 Å². The Kier molecular flexibility index (Phi) is 5.70. The van der Waals surface area contributed by atoms with E-state index in [4.69, 9.17) is 0 Å². The normalized spacial score (nSPS) is 11.2. The van der Waals surface area contributed by atoms with Crippen molar-refractivity contribution < 1.29 is 4.79 Å². The van der Waals surface area contributed by atoms with Crippen molar-refractivity contribution in [1.82, 2.24) is 14.2 Å². The molecule has 2 aromatic carbocycles. The SMILES string of the molecule is Cc1ccc(NC(=O)CCc2c(C)n(C)c3cc(-c4ccccc4C)nn3c2=O)c(C)c1. The third kappa shape index (κ3) is 3.96. The third-order valence-electron chi connectivity index (χ3n) is 6.10. The molecule has 0 saturated carbocycles. The third-order valence-corrected chi connectivity index (χ3v) is 6.10. The molecule has 0 radical (unpaired) electrons. The van der Waals surface area contributed by atoms with Crippen LogP contribution < -0.4 is 10.9 Å². The first-order chi connectivity index (χ1) is 15.3. The molecule has 0 aliphatic carbocycles. The van der Waals surface area contributed by atoms with Gasteiger partial charge in [-0.2, -0.15) is 9.61 Å². The summed E-state index contributed by atoms with van der Waals surface area (Å²) in [4.78, 5) is 25.8. The molecule has 0 aliphatic heterocycles. The first-order valence-electron chi connectivity index (χ1n) is 10.8. The van der Waals surface area contributed by atoms with Crippen LogP contribution in [0.25, 0.3) is 16.9 Å². The van der Waals surface area contributed by atoms with E-state index in [-0.39, 0.29) is 17.9 Å². The Morgan fingerprint density at radius 2 is 1.75 bits per heavy atom. The van der Waals surface area contributed by atoms with Crippen molar-refractivity contribution >= 4 is 17.2 Å². The summed E-state index contributed by atoms with van der Waals surface area (Å²) in [5.41, 5.74) is 7.85. The van der Waals surface area contributed by atoms with E-state index in [1.54, 1.807) is 0 Å². The highest BCUT2D eigenvalue weighted by molar-refractivity contribution is 5.91. The molecule has 32 heavy (non-hydrogen) atoms. The molecular formula is C26H28N4O2. The van der Waals surface area contributed by atoms with Crippen molar-refractivity contribution in [2.24, 2.45) is 7.05 Å². The van der Waals surface area contributed by atoms with Gasteiger partial charge < -0.3 is 9.88 Å². The van der Waals surface area contributed by atoms with Gasteiger partial charge in [-0.05, 0) is 51.3 Å². The van der Waals surface area contributed by atoms with Gasteiger partial charge in [0.05, 0.1) is 5.69 Å². The molecule has 4 rings (SSSR count). The topological polar surface area (TPSA) is 68.4 Å². The second kappa shape index (κ2) is 8.46. The van der Waals surface area contributed by atoms with E-state index in [0.29, 0.717) is 12.0 Å². The van der Waals surface area contributed by atoms with Gasteiger partial charge in [0.25, 0.3) is 5.56 Å². The Morgan fingerprint density at radius 1 is 1.00 bits per heavy atom. The molecule has 164 valence electrons. The lowest BCUT2D eigenvalue weighted by Crippen LogP contribution is -2.26. The van der Waals surface area contributed by atoms with Gasteiger partial charge in [0.1, 0.15) is 5.65 Å². The molecule has 1 amide bonds. The number of carbonyl (C=O) groups is 1. The highest BCUT2D eigenvalue weighted by Gasteiger charge is 2.17. The van der Waals surface area contributed by atoms with E-state index >= 15 is 0 Å². The second-order valence-electron chi connectivity index (χ2n) is 8.41. The number of hydrogen-bond donors (Lipinski definition) is 1. The zero-order valence-corrected chi connectivity index (χ0v) is 19.2. The Bertz CT molecular complexity index is 1400. The Hall–Kier alpha value is -3.67. The fourth-order valence-electron chi connectivity index (χ4n) is 4.10. The number of fused-ring (bicyclic) bond motifs is 1. The molecule has 2 aromatic heterocycles. The standard InChI is InChI=1S/C26H28N4O2/c1-16-10-12-22(18(3)14-16)27-24(31)13-11-21-19(4)29(5)25-15-23(28-30(25)26(21)32)20-9-7-6-8-17(20)2/h6-10,12,14-15H,11,13H2,1-5H3,(H,27,31). The van der Waals surface area contributed by atoms with Crippen molar-refractivity contribution in [3.05, 3.63) is 86.8 Å². The predicted molar refractivity (Wildman–Crippen MR) is 128 cm³/mol. The molecular weight excluding hydrogens is 400 g/mol. The number of rotatable bonds is 5. The molecule has 2 heterocycles. The molecule has 0 atom stereocenters. The minimum absolute atomic E-state index is 0.112. The number of aryl methyl sites for hydroxylation is 4. The lowest BCUT2D eigenvalue weighted by Gasteiger charge is -2.13. The van der Waals surface area contributed by atoms with E-state index in [1.807, 2.05) is 87.8 Å². The van der Waals surface area contributed by atoms with E-state index < -0.39 is 0 Å². The summed E-state index contributed by atoms with van der Waals surface area (Å²) in [7, 11) is 1.92. The lowest BCUT2D eigenvalue weighted by atomic mass is 10.1. The lowest BCUT2D eigenvalue weighted by molar-refractivity contribution is -0.116. The molecule has 0 spiro atoms. The van der Waals surface area contributed by atoms with Crippen LogP contribution in [0.5, 0.6) is 0 Å². The van der Waals surface area contributed by atoms with Gasteiger partial charge in [-0.3, -0.25) is 9.59 Å². The predicted octanol–water partition coefficient (Wildman–Crippen LogP) is 4.50. The van der Waals surface area contributed by atoms with Gasteiger partial charge in [0, 0.05) is 42.0 Å². The average molecular weight is 429 g/mol. The Labute approximate surface area is 187 Å². The molecule has 6 nitrogen and oxygen atoms in total. The van der Waals surface area contributed by atoms with Gasteiger partial charge in [-0.15, -0.1) is 0 Å². The summed E-state index contributed by atoms with van der Waals surface area (Å²) in [6.07, 6.45) is 0.575. The molecule has 4 aromatic rings. The van der Waals surface area contributed by atoms with Crippen molar-refractivity contribution in [2.75, 3.05) is 5.32 Å². The number of hydrogen-bond acceptors (Lipinski definition) is 3. The number of nitrogens with one attached hydrogen (secondary N) is 1. The Balaban J connectivity index is 1.62. The number of nitrogens with zero attached hydrogens (tertiary/aromatic N) is 3. The summed E-state index contributed by atoms with van der Waals surface area (Å²) in [6, 6.07) is 15.8. The van der Waals surface area contributed by atoms with Gasteiger partial charge in [0.2, 0.25) is 5.91 Å². The maximum absolute atomic E-state index is 13.2. The number of anilines is 1. The monoisotopic (exact) mass is 428 g/mol. The van der Waals surface area contributed by atoms with Crippen molar-refractivity contribution in [2.45, 2.75) is 40.5 Å². The zero-order valence-electron chi connectivity index (χ0n) is 19.2. The Morgan fingerprint density at radius 3 is 2.47 bits per heavy atom. The number of amides is 1. The average Bonchev–Trinajstić information content (AvgIpc) is 3.20. The maximum atomic E-state index is 13.2. The minimum atomic E-state index is -0.172. The van der Waals surface area contributed by atoms with Crippen LogP contribution >= 0.6 is 0 Å². The smallest absolute Gasteiger partial charge is 0.277 e. The summed E-state index contributed by atoms with van der Waals surface area (Å²) >= 11 is 0. The van der Waals surface area contributed by atoms with Crippen LogP contribution in [0, 0.1) is 27.7 Å². The van der Waals surface area contributed by atoms with Gasteiger partial charge >= 0.3 is 0 Å². The van der Waals surface area contributed by atoms with Gasteiger partial charge in [-0.25, -0.2) is 0 Å². The zero-order chi connectivity index (χ0) is 23.0. The quantitative estimate of drug-likeness (QED) is 0.509. The first kappa shape index (κ1) is 21.6. The van der Waals surface area contributed by atoms with Crippen LogP contribution in [-0.2, 0) is 18.3 Å². The van der Waals surface area contributed by atoms with Crippen LogP contribution in [-0.4, -0.2) is 20.1 Å². The molecule has 0 saturated heterocycles. The summed E-state index contributed by atoms with van der Waals surface area (Å²) in [5, 5.41) is 7.56. The summed E-state index contributed by atoms with van der Waals surface area (Å²) in [5.74, 6) is -0.112. The second-order valence-corrected chi connectivity index (χ2v) is 8.41. The summed E-state index contributed by atoms with van der Waals surface area (Å²) in [6.45, 7) is 7.94. The minimum Gasteiger partial charge on any atom is -0.333 e. The number of aromatic nitrogens is 3. The fraction of sp³-hybridized carbons (Fsp3) is 0.269. The van der Waals surface area contributed by atoms with Crippen LogP contribution in [0.1, 0.15) is 34.4 Å². The summed E-state index contributed by atoms with van der Waals surface area (Å²) < 4.78 is 3.42. The fourth-order valence-corrected chi connectivity index (χ4v) is 4.10. The van der Waals surface area contributed by atoms with Crippen LogP contribution in [0.15, 0.2) is 53.3 Å². The van der Waals surface area contributed by atoms with E-state index in [0.717, 1.165) is 45.0 Å². The van der Waals surface area contributed by atoms with Gasteiger partial charge in [-0.1, -0.05) is 42.0 Å². The van der Waals surface area contributed by atoms with Crippen LogP contribution in [0.3, 0.4) is 0 Å². The molecule has 0 bridgehead atoms. The highest BCUT2D eigenvalue weighted by atomic mass is 16.1. The number of benzene rings is 2. The first-order valence-corrected chi connectivity index (χ1v) is 10.8. The maximum Gasteiger partial charge on any atom is 0.277 e. The van der Waals surface area contributed by atoms with E-state index in [1.165, 1.54) is 4.52 Å². The molecule has 0 fully saturated rings. The van der Waals surface area contributed by atoms with Crippen LogP contribution in [0.2, 0.25) is 0 Å². The molecule has 0 unspecified atom stereocenters. The van der Waals surface area contributed by atoms with Crippen LogP contribution in [0.4, 0.5) is 5.69 Å². The van der Waals surface area contributed by atoms with E-state index in [2.05, 4.69) is 10.4 Å². The molecule has 6 heteroatoms. The highest BCUT2D eigenvalue weighted by Crippen LogP contribution is 2.23. The van der Waals surface area contributed by atoms with Crippen molar-refractivity contribution in [3.63, 3.8) is 0 Å². The molecule has 0 aliphatic rings. The van der Waals surface area contributed by atoms with Gasteiger partial charge in [0.15, 0.2) is 0 Å². The van der Waals surface area contributed by atoms with E-state index in [9.17, 15) is 9.59 Å². The largest absolute Gasteiger partial charge is 0.333 e. The number of carbonyl (C=O) groups excluding carboxylic acids is 1. The molecule has 1 N–H and O–H groups in total.